The van der Waals surface area contributed by atoms with E-state index in [2.05, 4.69) is 15.5 Å². The number of carboxylic acid groups (broad SMARTS) is 2. The number of carboxylic acids is 2. The molecule has 0 saturated carbocycles. The lowest BCUT2D eigenvalue weighted by atomic mass is 10.0. The Hall–Kier alpha value is -2.16. The van der Waals surface area contributed by atoms with E-state index in [9.17, 15) is 24.3 Å². The molecule has 2 aliphatic heterocycles. The summed E-state index contributed by atoms with van der Waals surface area (Å²) in [6, 6.07) is -1.84. The second kappa shape index (κ2) is 9.97. The van der Waals surface area contributed by atoms with Gasteiger partial charge in [0.15, 0.2) is 4.34 Å². The van der Waals surface area contributed by atoms with Gasteiger partial charge in [-0.05, 0) is 25.3 Å². The Morgan fingerprint density at radius 2 is 2.10 bits per heavy atom. The first kappa shape index (κ1) is 23.5. The second-order valence-corrected chi connectivity index (χ2v) is 10.4. The third kappa shape index (κ3) is 5.37. The third-order valence-electron chi connectivity index (χ3n) is 4.68. The van der Waals surface area contributed by atoms with Crippen molar-refractivity contribution in [3.8, 4) is 0 Å². The molecule has 14 heteroatoms. The van der Waals surface area contributed by atoms with Crippen LogP contribution in [0, 0.1) is 6.92 Å². The fourth-order valence-corrected chi connectivity index (χ4v) is 6.43. The number of fused-ring (bicyclic) bond motifs is 1. The van der Waals surface area contributed by atoms with E-state index in [4.69, 9.17) is 10.8 Å². The van der Waals surface area contributed by atoms with Crippen molar-refractivity contribution in [3.63, 3.8) is 0 Å². The van der Waals surface area contributed by atoms with Crippen LogP contribution < -0.4 is 11.1 Å². The number of thioether (sulfide) groups is 2. The van der Waals surface area contributed by atoms with Crippen LogP contribution in [0.15, 0.2) is 15.6 Å². The number of aliphatic carboxylic acids is 2. The van der Waals surface area contributed by atoms with E-state index in [0.717, 1.165) is 9.35 Å². The Kier molecular flexibility index (Phi) is 7.56. The van der Waals surface area contributed by atoms with Crippen molar-refractivity contribution in [2.75, 3.05) is 11.5 Å². The van der Waals surface area contributed by atoms with Crippen LogP contribution in [0.4, 0.5) is 0 Å². The maximum atomic E-state index is 12.6. The van der Waals surface area contributed by atoms with Crippen LogP contribution in [0.3, 0.4) is 0 Å². The molecule has 2 aliphatic rings. The fourth-order valence-electron chi connectivity index (χ4n) is 3.13. The third-order valence-corrected chi connectivity index (χ3v) is 8.08. The second-order valence-electron chi connectivity index (χ2n) is 6.92. The van der Waals surface area contributed by atoms with Gasteiger partial charge in [0.25, 0.3) is 5.91 Å². The number of β-lactam (4-membered cyclic amide) rings is 1. The van der Waals surface area contributed by atoms with E-state index in [0.29, 0.717) is 17.1 Å². The lowest BCUT2D eigenvalue weighted by molar-refractivity contribution is -0.150. The number of carbonyl (C=O) groups excluding carboxylic acids is 2. The van der Waals surface area contributed by atoms with Crippen molar-refractivity contribution in [1.29, 1.82) is 0 Å². The molecule has 31 heavy (non-hydrogen) atoms. The van der Waals surface area contributed by atoms with Crippen LogP contribution in [0.1, 0.15) is 24.3 Å². The average molecular weight is 488 g/mol. The van der Waals surface area contributed by atoms with Crippen molar-refractivity contribution < 1.29 is 29.4 Å². The van der Waals surface area contributed by atoms with Gasteiger partial charge in [-0.2, -0.15) is 0 Å². The summed E-state index contributed by atoms with van der Waals surface area (Å²) in [7, 11) is 0. The predicted octanol–water partition coefficient (Wildman–Crippen LogP) is 0.259. The molecule has 0 spiro atoms. The van der Waals surface area contributed by atoms with E-state index in [-0.39, 0.29) is 25.0 Å². The zero-order chi connectivity index (χ0) is 22.7. The molecule has 2 amide bonds. The number of nitrogens with two attached hydrogens (primary N) is 1. The monoisotopic (exact) mass is 487 g/mol. The van der Waals surface area contributed by atoms with Crippen molar-refractivity contribution in [2.45, 2.75) is 48.0 Å². The largest absolute Gasteiger partial charge is 0.480 e. The molecule has 1 aromatic heterocycles. The summed E-state index contributed by atoms with van der Waals surface area (Å²) in [5.74, 6) is -2.40. The fraction of sp³-hybridized carbons (Fsp3) is 0.529. The van der Waals surface area contributed by atoms with Gasteiger partial charge in [-0.25, -0.2) is 4.79 Å². The minimum absolute atomic E-state index is 0.0347. The number of carbonyl (C=O) groups is 4. The van der Waals surface area contributed by atoms with Crippen LogP contribution in [-0.4, -0.2) is 78.0 Å². The first-order chi connectivity index (χ1) is 14.7. The number of rotatable bonds is 10. The SMILES string of the molecule is Cc1nnc(SCC2=C(C(=O)O)N3C(=O)C(NC(=O)CCC[C@@H](N)C(=O)O)[C@H]3SC2)s1. The summed E-state index contributed by atoms with van der Waals surface area (Å²) in [4.78, 5) is 48.6. The molecule has 0 radical (unpaired) electrons. The van der Waals surface area contributed by atoms with Crippen LogP contribution in [-0.2, 0) is 19.2 Å². The minimum atomic E-state index is -1.19. The maximum Gasteiger partial charge on any atom is 0.352 e. The number of hydrogen-bond donors (Lipinski definition) is 4. The summed E-state index contributed by atoms with van der Waals surface area (Å²) in [5.41, 5.74) is 5.98. The molecule has 168 valence electrons. The standard InChI is InChI=1S/C17H21N5O6S3/c1-7-20-21-17(31-7)30-6-8-5-29-14-11(13(24)22(14)12(8)16(27)28)19-10(23)4-2-3-9(18)15(25)26/h9,11,14H,2-6,18H2,1H3,(H,19,23)(H,25,26)(H,27,28)/t9-,11?,14-/m1/s1. The van der Waals surface area contributed by atoms with E-state index in [1.807, 2.05) is 6.92 Å². The van der Waals surface area contributed by atoms with Gasteiger partial charge in [0.1, 0.15) is 28.2 Å². The average Bonchev–Trinajstić information content (AvgIpc) is 3.14. The predicted molar refractivity (Wildman–Crippen MR) is 115 cm³/mol. The molecular weight excluding hydrogens is 466 g/mol. The molecule has 1 unspecified atom stereocenters. The van der Waals surface area contributed by atoms with Gasteiger partial charge in [0.05, 0.1) is 0 Å². The van der Waals surface area contributed by atoms with Crippen LogP contribution in [0.2, 0.25) is 0 Å². The first-order valence-electron chi connectivity index (χ1n) is 9.29. The maximum absolute atomic E-state index is 12.6. The van der Waals surface area contributed by atoms with Gasteiger partial charge < -0.3 is 21.3 Å². The highest BCUT2D eigenvalue weighted by Crippen LogP contribution is 2.41. The number of nitrogens with zero attached hydrogens (tertiary/aromatic N) is 3. The van der Waals surface area contributed by atoms with Gasteiger partial charge in [0.2, 0.25) is 5.91 Å². The molecule has 1 saturated heterocycles. The van der Waals surface area contributed by atoms with Gasteiger partial charge in [-0.3, -0.25) is 19.3 Å². The van der Waals surface area contributed by atoms with Crippen molar-refractivity contribution in [1.82, 2.24) is 20.4 Å². The molecule has 0 aliphatic carbocycles. The highest BCUT2D eigenvalue weighted by molar-refractivity contribution is 8.01. The van der Waals surface area contributed by atoms with Crippen molar-refractivity contribution in [2.24, 2.45) is 5.73 Å². The van der Waals surface area contributed by atoms with Crippen molar-refractivity contribution >= 4 is 58.6 Å². The number of hydrogen-bond acceptors (Lipinski definition) is 10. The summed E-state index contributed by atoms with van der Waals surface area (Å²) < 4.78 is 0.726. The lowest BCUT2D eigenvalue weighted by Crippen LogP contribution is -2.70. The van der Waals surface area contributed by atoms with Crippen LogP contribution in [0.25, 0.3) is 0 Å². The van der Waals surface area contributed by atoms with Crippen molar-refractivity contribution in [3.05, 3.63) is 16.3 Å². The van der Waals surface area contributed by atoms with Gasteiger partial charge in [0, 0.05) is 17.9 Å². The summed E-state index contributed by atoms with van der Waals surface area (Å²) in [6.07, 6.45) is 0.453. The number of aryl methyl sites for hydroxylation is 1. The van der Waals surface area contributed by atoms with Crippen LogP contribution in [0.5, 0.6) is 0 Å². The molecule has 0 bridgehead atoms. The smallest absolute Gasteiger partial charge is 0.352 e. The van der Waals surface area contributed by atoms with E-state index < -0.39 is 41.2 Å². The number of amides is 2. The molecule has 11 nitrogen and oxygen atoms in total. The Morgan fingerprint density at radius 1 is 1.35 bits per heavy atom. The molecule has 3 rings (SSSR count). The van der Waals surface area contributed by atoms with E-state index in [1.54, 1.807) is 0 Å². The zero-order valence-electron chi connectivity index (χ0n) is 16.4. The Balaban J connectivity index is 1.59. The Labute approximate surface area is 189 Å². The van der Waals surface area contributed by atoms with Gasteiger partial charge in [-0.1, -0.05) is 23.1 Å². The van der Waals surface area contributed by atoms with E-state index in [1.165, 1.54) is 39.8 Å². The zero-order valence-corrected chi connectivity index (χ0v) is 18.9. The molecule has 0 aromatic carbocycles. The number of aromatic nitrogens is 2. The number of nitrogens with one attached hydrogen (secondary N) is 1. The first-order valence-corrected chi connectivity index (χ1v) is 12.1. The van der Waals surface area contributed by atoms with Gasteiger partial charge >= 0.3 is 11.9 Å². The van der Waals surface area contributed by atoms with Crippen LogP contribution >= 0.6 is 34.9 Å². The summed E-state index contributed by atoms with van der Waals surface area (Å²) >= 11 is 4.18. The highest BCUT2D eigenvalue weighted by Gasteiger charge is 2.54. The lowest BCUT2D eigenvalue weighted by Gasteiger charge is -2.49. The molecule has 5 N–H and O–H groups in total. The molecule has 1 aromatic rings. The van der Waals surface area contributed by atoms with E-state index >= 15 is 0 Å². The molecule has 1 fully saturated rings. The highest BCUT2D eigenvalue weighted by atomic mass is 32.2. The Bertz CT molecular complexity index is 935. The van der Waals surface area contributed by atoms with Gasteiger partial charge in [-0.15, -0.1) is 22.0 Å². The quantitative estimate of drug-likeness (QED) is 0.263. The Morgan fingerprint density at radius 3 is 2.71 bits per heavy atom. The summed E-state index contributed by atoms with van der Waals surface area (Å²) in [5, 5.41) is 29.3. The molecule has 3 atom stereocenters. The molecular formula is C17H21N5O6S3. The topological polar surface area (TPSA) is 176 Å². The normalized spacial score (nSPS) is 21.4. The molecule has 3 heterocycles. The minimum Gasteiger partial charge on any atom is -0.480 e. The summed E-state index contributed by atoms with van der Waals surface area (Å²) in [6.45, 7) is 1.83.